The summed E-state index contributed by atoms with van der Waals surface area (Å²) in [5.74, 6) is 0.803. The Bertz CT molecular complexity index is 346. The second-order valence-electron chi connectivity index (χ2n) is 2.74. The lowest BCUT2D eigenvalue weighted by atomic mass is 10.2. The molecule has 0 saturated carbocycles. The summed E-state index contributed by atoms with van der Waals surface area (Å²) >= 11 is 0. The molecule has 15 heavy (non-hydrogen) atoms. The molecule has 0 aliphatic heterocycles. The zero-order chi connectivity index (χ0) is 11.1. The van der Waals surface area contributed by atoms with Crippen LogP contribution in [0.15, 0.2) is 29.4 Å². The molecule has 0 atom stereocenters. The van der Waals surface area contributed by atoms with E-state index in [0.717, 1.165) is 11.3 Å². The van der Waals surface area contributed by atoms with E-state index in [9.17, 15) is 4.79 Å². The molecule has 0 bridgehead atoms. The number of carbonyl (C=O) groups is 1. The first-order chi connectivity index (χ1) is 7.22. The summed E-state index contributed by atoms with van der Waals surface area (Å²) in [6, 6.07) is 6.63. The molecule has 0 heterocycles. The molecule has 0 aromatic heterocycles. The SMILES string of the molecule is CCOc1ccc(/C=N\NC(N)=O)cc1. The van der Waals surface area contributed by atoms with E-state index in [2.05, 4.69) is 10.5 Å². The molecule has 0 saturated heterocycles. The number of rotatable bonds is 4. The molecule has 3 N–H and O–H groups in total. The van der Waals surface area contributed by atoms with Gasteiger partial charge in [-0.05, 0) is 36.8 Å². The van der Waals surface area contributed by atoms with Crippen molar-refractivity contribution in [2.75, 3.05) is 6.61 Å². The monoisotopic (exact) mass is 207 g/mol. The average Bonchev–Trinajstić information content (AvgIpc) is 2.20. The third-order valence-electron chi connectivity index (χ3n) is 1.58. The topological polar surface area (TPSA) is 76.7 Å². The smallest absolute Gasteiger partial charge is 0.332 e. The molecule has 5 nitrogen and oxygen atoms in total. The number of nitrogens with zero attached hydrogens (tertiary/aromatic N) is 1. The van der Waals surface area contributed by atoms with Gasteiger partial charge in [0.1, 0.15) is 5.75 Å². The van der Waals surface area contributed by atoms with Crippen molar-refractivity contribution < 1.29 is 9.53 Å². The van der Waals surface area contributed by atoms with Crippen molar-refractivity contribution in [2.24, 2.45) is 10.8 Å². The quantitative estimate of drug-likeness (QED) is 0.572. The van der Waals surface area contributed by atoms with Crippen LogP contribution in [-0.2, 0) is 0 Å². The van der Waals surface area contributed by atoms with Gasteiger partial charge in [0.2, 0.25) is 0 Å². The highest BCUT2D eigenvalue weighted by Crippen LogP contribution is 2.10. The van der Waals surface area contributed by atoms with Gasteiger partial charge < -0.3 is 10.5 Å². The van der Waals surface area contributed by atoms with Crippen LogP contribution in [0.1, 0.15) is 12.5 Å². The van der Waals surface area contributed by atoms with Gasteiger partial charge in [-0.2, -0.15) is 5.10 Å². The van der Waals surface area contributed by atoms with Gasteiger partial charge in [-0.3, -0.25) is 0 Å². The predicted octanol–water partition coefficient (Wildman–Crippen LogP) is 1.09. The van der Waals surface area contributed by atoms with Gasteiger partial charge in [-0.15, -0.1) is 0 Å². The minimum atomic E-state index is -0.683. The Kier molecular flexibility index (Phi) is 4.15. The number of benzene rings is 1. The van der Waals surface area contributed by atoms with Crippen molar-refractivity contribution in [3.05, 3.63) is 29.8 Å². The molecule has 1 rings (SSSR count). The number of amides is 2. The Morgan fingerprint density at radius 3 is 2.73 bits per heavy atom. The van der Waals surface area contributed by atoms with Crippen molar-refractivity contribution in [3.8, 4) is 5.75 Å². The van der Waals surface area contributed by atoms with E-state index in [0.29, 0.717) is 6.61 Å². The summed E-state index contributed by atoms with van der Waals surface area (Å²) in [6.45, 7) is 2.56. The van der Waals surface area contributed by atoms with E-state index in [1.807, 2.05) is 31.2 Å². The maximum absolute atomic E-state index is 10.3. The molecule has 0 unspecified atom stereocenters. The normalized spacial score (nSPS) is 10.2. The molecule has 5 heteroatoms. The van der Waals surface area contributed by atoms with E-state index in [-0.39, 0.29) is 0 Å². The van der Waals surface area contributed by atoms with E-state index >= 15 is 0 Å². The van der Waals surface area contributed by atoms with Crippen LogP contribution in [-0.4, -0.2) is 18.9 Å². The Morgan fingerprint density at radius 1 is 1.53 bits per heavy atom. The molecular formula is C10H13N3O2. The van der Waals surface area contributed by atoms with Crippen LogP contribution in [0, 0.1) is 0 Å². The van der Waals surface area contributed by atoms with E-state index in [1.54, 1.807) is 0 Å². The first-order valence-corrected chi connectivity index (χ1v) is 4.53. The average molecular weight is 207 g/mol. The van der Waals surface area contributed by atoms with Gasteiger partial charge in [-0.1, -0.05) is 0 Å². The Labute approximate surface area is 87.9 Å². The van der Waals surface area contributed by atoms with Gasteiger partial charge >= 0.3 is 6.03 Å². The molecule has 1 aromatic rings. The van der Waals surface area contributed by atoms with Crippen LogP contribution in [0.2, 0.25) is 0 Å². The van der Waals surface area contributed by atoms with Crippen molar-refractivity contribution in [2.45, 2.75) is 6.92 Å². The molecular weight excluding hydrogens is 194 g/mol. The first-order valence-electron chi connectivity index (χ1n) is 4.53. The van der Waals surface area contributed by atoms with Gasteiger partial charge in [0.15, 0.2) is 0 Å². The van der Waals surface area contributed by atoms with E-state index in [4.69, 9.17) is 10.5 Å². The number of hydrogen-bond acceptors (Lipinski definition) is 3. The van der Waals surface area contributed by atoms with Gasteiger partial charge in [0.25, 0.3) is 0 Å². The van der Waals surface area contributed by atoms with Crippen LogP contribution >= 0.6 is 0 Å². The fourth-order valence-electron chi connectivity index (χ4n) is 0.987. The fourth-order valence-corrected chi connectivity index (χ4v) is 0.987. The number of ether oxygens (including phenoxy) is 1. The summed E-state index contributed by atoms with van der Waals surface area (Å²) in [4.78, 5) is 10.3. The summed E-state index contributed by atoms with van der Waals surface area (Å²) in [5, 5.41) is 3.63. The zero-order valence-corrected chi connectivity index (χ0v) is 8.43. The van der Waals surface area contributed by atoms with Crippen molar-refractivity contribution >= 4 is 12.2 Å². The number of urea groups is 1. The summed E-state index contributed by atoms with van der Waals surface area (Å²) in [5.41, 5.74) is 7.80. The molecule has 80 valence electrons. The third-order valence-corrected chi connectivity index (χ3v) is 1.58. The van der Waals surface area contributed by atoms with Crippen LogP contribution < -0.4 is 15.9 Å². The summed E-state index contributed by atoms with van der Waals surface area (Å²) in [6.07, 6.45) is 1.50. The molecule has 0 aliphatic rings. The van der Waals surface area contributed by atoms with Crippen molar-refractivity contribution in [1.82, 2.24) is 5.43 Å². The first kappa shape index (κ1) is 11.0. The van der Waals surface area contributed by atoms with E-state index < -0.39 is 6.03 Å². The molecule has 0 spiro atoms. The number of hydrazone groups is 1. The van der Waals surface area contributed by atoms with Crippen molar-refractivity contribution in [1.29, 1.82) is 0 Å². The highest BCUT2D eigenvalue weighted by atomic mass is 16.5. The lowest BCUT2D eigenvalue weighted by molar-refractivity contribution is 0.249. The summed E-state index contributed by atoms with van der Waals surface area (Å²) in [7, 11) is 0. The maximum atomic E-state index is 10.3. The predicted molar refractivity (Wildman–Crippen MR) is 57.9 cm³/mol. The largest absolute Gasteiger partial charge is 0.494 e. The zero-order valence-electron chi connectivity index (χ0n) is 8.43. The molecule has 0 aliphatic carbocycles. The van der Waals surface area contributed by atoms with E-state index in [1.165, 1.54) is 6.21 Å². The van der Waals surface area contributed by atoms with Gasteiger partial charge in [0, 0.05) is 0 Å². The number of hydrogen-bond donors (Lipinski definition) is 2. The second kappa shape index (κ2) is 5.64. The van der Waals surface area contributed by atoms with Crippen LogP contribution in [0.25, 0.3) is 0 Å². The van der Waals surface area contributed by atoms with Crippen LogP contribution in [0.4, 0.5) is 4.79 Å². The lowest BCUT2D eigenvalue weighted by Gasteiger charge is -2.01. The van der Waals surface area contributed by atoms with Crippen molar-refractivity contribution in [3.63, 3.8) is 0 Å². The Morgan fingerprint density at radius 2 is 2.20 bits per heavy atom. The van der Waals surface area contributed by atoms with Gasteiger partial charge in [0.05, 0.1) is 12.8 Å². The number of primary amides is 1. The van der Waals surface area contributed by atoms with Crippen LogP contribution in [0.5, 0.6) is 5.75 Å². The molecule has 0 fully saturated rings. The minimum Gasteiger partial charge on any atom is -0.494 e. The Balaban J connectivity index is 2.56. The standard InChI is InChI=1S/C10H13N3O2/c1-2-15-9-5-3-8(4-6-9)7-12-13-10(11)14/h3-7H,2H2,1H3,(H3,11,13,14)/b12-7-. The Hall–Kier alpha value is -2.04. The minimum absolute atomic E-state index is 0.636. The highest BCUT2D eigenvalue weighted by Gasteiger charge is 1.92. The molecule has 1 aromatic carbocycles. The highest BCUT2D eigenvalue weighted by molar-refractivity contribution is 5.81. The van der Waals surface area contributed by atoms with Crippen LogP contribution in [0.3, 0.4) is 0 Å². The fraction of sp³-hybridized carbons (Fsp3) is 0.200. The lowest BCUT2D eigenvalue weighted by Crippen LogP contribution is -2.24. The van der Waals surface area contributed by atoms with Gasteiger partial charge in [-0.25, -0.2) is 10.2 Å². The number of nitrogens with one attached hydrogen (secondary N) is 1. The maximum Gasteiger partial charge on any atom is 0.332 e. The number of carbonyl (C=O) groups excluding carboxylic acids is 1. The third kappa shape index (κ3) is 4.12. The second-order valence-corrected chi connectivity index (χ2v) is 2.74. The summed E-state index contributed by atoms with van der Waals surface area (Å²) < 4.78 is 5.27. The molecule has 0 radical (unpaired) electrons. The molecule has 2 amide bonds. The number of nitrogens with two attached hydrogens (primary N) is 1.